The van der Waals surface area contributed by atoms with E-state index < -0.39 is 17.6 Å². The van der Waals surface area contributed by atoms with Crippen LogP contribution in [0.4, 0.5) is 0 Å². The molecule has 0 aliphatic heterocycles. The summed E-state index contributed by atoms with van der Waals surface area (Å²) < 4.78 is 2.68. The Morgan fingerprint density at radius 3 is 2.71 bits per heavy atom. The van der Waals surface area contributed by atoms with Crippen LogP contribution < -0.4 is 5.56 Å². The van der Waals surface area contributed by atoms with Crippen molar-refractivity contribution in [1.29, 1.82) is 0 Å². The normalized spacial score (nSPS) is 13.1. The maximum atomic E-state index is 12.5. The van der Waals surface area contributed by atoms with Gasteiger partial charge in [-0.15, -0.1) is 10.2 Å². The van der Waals surface area contributed by atoms with Crippen LogP contribution in [-0.4, -0.2) is 35.5 Å². The van der Waals surface area contributed by atoms with Crippen LogP contribution in [0, 0.1) is 5.92 Å². The standard InChI is InChI=1S/C13H13N5O3/c1-7(2)11(13(20)21)17-6-4-8-10(12(17)19)16-15-9-3-5-14-18(8)9/h3-7,11H,1-2H3,(H,20,21). The third kappa shape index (κ3) is 1.95. The molecule has 0 aliphatic carbocycles. The second-order valence-electron chi connectivity index (χ2n) is 5.09. The molecule has 0 aromatic carbocycles. The molecule has 0 spiro atoms. The Morgan fingerprint density at radius 2 is 2.05 bits per heavy atom. The fraction of sp³-hybridized carbons (Fsp3) is 0.308. The van der Waals surface area contributed by atoms with Crippen LogP contribution in [0.5, 0.6) is 0 Å². The van der Waals surface area contributed by atoms with Crippen LogP contribution in [0.2, 0.25) is 0 Å². The van der Waals surface area contributed by atoms with E-state index in [1.54, 1.807) is 32.2 Å². The highest BCUT2D eigenvalue weighted by atomic mass is 16.4. The quantitative estimate of drug-likeness (QED) is 0.761. The summed E-state index contributed by atoms with van der Waals surface area (Å²) >= 11 is 0. The van der Waals surface area contributed by atoms with Gasteiger partial charge in [-0.05, 0) is 12.0 Å². The van der Waals surface area contributed by atoms with E-state index in [1.165, 1.54) is 15.3 Å². The van der Waals surface area contributed by atoms with Crippen LogP contribution in [0.3, 0.4) is 0 Å². The van der Waals surface area contributed by atoms with Crippen LogP contribution in [-0.2, 0) is 4.79 Å². The number of hydrogen-bond donors (Lipinski definition) is 1. The number of nitrogens with zero attached hydrogens (tertiary/aromatic N) is 5. The monoisotopic (exact) mass is 287 g/mol. The Hall–Kier alpha value is -2.77. The number of aromatic nitrogens is 5. The molecule has 8 nitrogen and oxygen atoms in total. The maximum Gasteiger partial charge on any atom is 0.327 e. The van der Waals surface area contributed by atoms with E-state index in [2.05, 4.69) is 15.3 Å². The molecule has 1 N–H and O–H groups in total. The highest BCUT2D eigenvalue weighted by molar-refractivity contribution is 5.76. The number of carbonyl (C=O) groups is 1. The average molecular weight is 287 g/mol. The van der Waals surface area contributed by atoms with Crippen LogP contribution in [0.25, 0.3) is 16.7 Å². The van der Waals surface area contributed by atoms with E-state index >= 15 is 0 Å². The topological polar surface area (TPSA) is 102 Å². The van der Waals surface area contributed by atoms with Crippen molar-refractivity contribution in [1.82, 2.24) is 24.4 Å². The molecule has 1 atom stereocenters. The molecule has 21 heavy (non-hydrogen) atoms. The van der Waals surface area contributed by atoms with Crippen molar-refractivity contribution in [3.05, 3.63) is 34.9 Å². The van der Waals surface area contributed by atoms with Gasteiger partial charge in [-0.2, -0.15) is 5.10 Å². The minimum absolute atomic E-state index is 0.0978. The minimum Gasteiger partial charge on any atom is -0.480 e. The highest BCUT2D eigenvalue weighted by Crippen LogP contribution is 2.17. The third-order valence-corrected chi connectivity index (χ3v) is 3.36. The summed E-state index contributed by atoms with van der Waals surface area (Å²) in [6.07, 6.45) is 3.02. The lowest BCUT2D eigenvalue weighted by atomic mass is 10.0. The number of fused-ring (bicyclic) bond motifs is 3. The molecule has 3 heterocycles. The van der Waals surface area contributed by atoms with Gasteiger partial charge < -0.3 is 5.11 Å². The molecular formula is C13H13N5O3. The lowest BCUT2D eigenvalue weighted by molar-refractivity contribution is -0.142. The van der Waals surface area contributed by atoms with E-state index in [0.717, 1.165) is 0 Å². The molecule has 0 bridgehead atoms. The molecule has 0 radical (unpaired) electrons. The second kappa shape index (κ2) is 4.65. The smallest absolute Gasteiger partial charge is 0.327 e. The Labute approximate surface area is 118 Å². The Bertz CT molecular complexity index is 896. The van der Waals surface area contributed by atoms with Crippen molar-refractivity contribution < 1.29 is 9.90 Å². The molecule has 8 heteroatoms. The van der Waals surface area contributed by atoms with Crippen molar-refractivity contribution >= 4 is 22.6 Å². The lowest BCUT2D eigenvalue weighted by Gasteiger charge is -2.19. The van der Waals surface area contributed by atoms with Crippen molar-refractivity contribution in [2.45, 2.75) is 19.9 Å². The molecule has 0 aliphatic rings. The van der Waals surface area contributed by atoms with Gasteiger partial charge in [-0.3, -0.25) is 9.36 Å². The van der Waals surface area contributed by atoms with E-state index in [-0.39, 0.29) is 11.4 Å². The summed E-state index contributed by atoms with van der Waals surface area (Å²) in [4.78, 5) is 23.9. The number of carboxylic acid groups (broad SMARTS) is 1. The zero-order valence-corrected chi connectivity index (χ0v) is 11.5. The summed E-state index contributed by atoms with van der Waals surface area (Å²) in [6.45, 7) is 3.50. The second-order valence-corrected chi connectivity index (χ2v) is 5.09. The fourth-order valence-corrected chi connectivity index (χ4v) is 2.40. The van der Waals surface area contributed by atoms with Crippen molar-refractivity contribution in [2.24, 2.45) is 5.92 Å². The Kier molecular flexibility index (Phi) is 2.93. The molecule has 0 saturated carbocycles. The molecule has 1 unspecified atom stereocenters. The lowest BCUT2D eigenvalue weighted by Crippen LogP contribution is -2.33. The zero-order chi connectivity index (χ0) is 15.1. The van der Waals surface area contributed by atoms with Crippen molar-refractivity contribution in [3.63, 3.8) is 0 Å². The van der Waals surface area contributed by atoms with E-state index in [0.29, 0.717) is 11.2 Å². The number of carboxylic acids is 1. The number of pyridine rings is 1. The van der Waals surface area contributed by atoms with Gasteiger partial charge >= 0.3 is 5.97 Å². The molecule has 3 aromatic rings. The first-order valence-corrected chi connectivity index (χ1v) is 6.45. The molecule has 3 aromatic heterocycles. The van der Waals surface area contributed by atoms with Gasteiger partial charge in [0.25, 0.3) is 5.56 Å². The first-order valence-electron chi connectivity index (χ1n) is 6.45. The van der Waals surface area contributed by atoms with Gasteiger partial charge in [0.05, 0.1) is 6.20 Å². The molecular weight excluding hydrogens is 274 g/mol. The molecule has 3 rings (SSSR count). The Morgan fingerprint density at radius 1 is 1.29 bits per heavy atom. The molecule has 108 valence electrons. The van der Waals surface area contributed by atoms with Crippen molar-refractivity contribution in [3.8, 4) is 0 Å². The predicted molar refractivity (Wildman–Crippen MR) is 74.1 cm³/mol. The van der Waals surface area contributed by atoms with E-state index in [9.17, 15) is 14.7 Å². The van der Waals surface area contributed by atoms with Crippen molar-refractivity contribution in [2.75, 3.05) is 0 Å². The number of aliphatic carboxylic acids is 1. The fourth-order valence-electron chi connectivity index (χ4n) is 2.40. The Balaban J connectivity index is 2.32. The summed E-state index contributed by atoms with van der Waals surface area (Å²) in [7, 11) is 0. The van der Waals surface area contributed by atoms with E-state index in [1.807, 2.05) is 0 Å². The van der Waals surface area contributed by atoms with Crippen LogP contribution in [0.15, 0.2) is 29.3 Å². The first kappa shape index (κ1) is 13.2. The minimum atomic E-state index is -1.06. The van der Waals surface area contributed by atoms with Gasteiger partial charge in [0.1, 0.15) is 11.6 Å². The van der Waals surface area contributed by atoms with Crippen LogP contribution in [0.1, 0.15) is 19.9 Å². The highest BCUT2D eigenvalue weighted by Gasteiger charge is 2.25. The molecule has 0 saturated heterocycles. The van der Waals surface area contributed by atoms with Gasteiger partial charge in [-0.25, -0.2) is 9.31 Å². The van der Waals surface area contributed by atoms with Gasteiger partial charge in [0.2, 0.25) is 0 Å². The zero-order valence-electron chi connectivity index (χ0n) is 11.5. The first-order chi connectivity index (χ1) is 10.0. The summed E-state index contributed by atoms with van der Waals surface area (Å²) in [5.74, 6) is -1.29. The summed E-state index contributed by atoms with van der Waals surface area (Å²) in [5, 5.41) is 21.2. The number of hydrogen-bond acceptors (Lipinski definition) is 5. The maximum absolute atomic E-state index is 12.5. The summed E-state index contributed by atoms with van der Waals surface area (Å²) in [5.41, 5.74) is 0.636. The van der Waals surface area contributed by atoms with Gasteiger partial charge in [-0.1, -0.05) is 13.8 Å². The SMILES string of the molecule is CC(C)C(C(=O)O)n1ccc2c(nnc3ccnn32)c1=O. The van der Waals surface area contributed by atoms with Gasteiger partial charge in [0, 0.05) is 12.3 Å². The third-order valence-electron chi connectivity index (χ3n) is 3.36. The predicted octanol–water partition coefficient (Wildman–Crippen LogP) is 0.721. The number of rotatable bonds is 3. The van der Waals surface area contributed by atoms with Gasteiger partial charge in [0.15, 0.2) is 11.2 Å². The average Bonchev–Trinajstić information content (AvgIpc) is 2.89. The van der Waals surface area contributed by atoms with Crippen LogP contribution >= 0.6 is 0 Å². The molecule has 0 fully saturated rings. The largest absolute Gasteiger partial charge is 0.480 e. The molecule has 0 amide bonds. The summed E-state index contributed by atoms with van der Waals surface area (Å²) in [6, 6.07) is 2.35. The van der Waals surface area contributed by atoms with E-state index in [4.69, 9.17) is 0 Å².